The summed E-state index contributed by atoms with van der Waals surface area (Å²) in [4.78, 5) is 8.29. The van der Waals surface area contributed by atoms with Crippen molar-refractivity contribution in [2.45, 2.75) is 0 Å². The summed E-state index contributed by atoms with van der Waals surface area (Å²) in [6.45, 7) is 0. The average molecular weight is 211 g/mol. The van der Waals surface area contributed by atoms with Gasteiger partial charge in [0.1, 0.15) is 0 Å². The maximum atomic E-state index is 5.81. The maximum Gasteiger partial charge on any atom is 0.154 e. The van der Waals surface area contributed by atoms with Crippen LogP contribution in [0, 0.1) is 0 Å². The molecule has 0 unspecified atom stereocenters. The zero-order valence-electron chi connectivity index (χ0n) is 8.41. The minimum Gasteiger partial charge on any atom is -0.397 e. The molecule has 5 heteroatoms. The minimum absolute atomic E-state index is 0.625. The molecule has 2 N–H and O–H groups in total. The van der Waals surface area contributed by atoms with Crippen molar-refractivity contribution in [3.05, 3.63) is 43.0 Å². The van der Waals surface area contributed by atoms with Gasteiger partial charge in [-0.25, -0.2) is 9.67 Å². The highest BCUT2D eigenvalue weighted by Crippen LogP contribution is 2.20. The molecule has 0 aromatic carbocycles. The van der Waals surface area contributed by atoms with E-state index in [1.165, 1.54) is 0 Å². The second-order valence-electron chi connectivity index (χ2n) is 3.41. The van der Waals surface area contributed by atoms with Crippen LogP contribution in [0.5, 0.6) is 0 Å². The van der Waals surface area contributed by atoms with Gasteiger partial charge in [0, 0.05) is 11.6 Å². The molecule has 0 atom stereocenters. The van der Waals surface area contributed by atoms with Gasteiger partial charge in [-0.3, -0.25) is 4.98 Å². The number of nitrogens with two attached hydrogens (primary N) is 1. The van der Waals surface area contributed by atoms with Crippen LogP contribution in [0.4, 0.5) is 5.69 Å². The van der Waals surface area contributed by atoms with E-state index in [1.54, 1.807) is 29.5 Å². The first kappa shape index (κ1) is 8.84. The first-order valence-corrected chi connectivity index (χ1v) is 4.85. The molecule has 3 heterocycles. The van der Waals surface area contributed by atoms with E-state index in [2.05, 4.69) is 15.1 Å². The fraction of sp³-hybridized carbons (Fsp3) is 0. The lowest BCUT2D eigenvalue weighted by Crippen LogP contribution is -1.98. The van der Waals surface area contributed by atoms with Gasteiger partial charge in [-0.15, -0.1) is 0 Å². The summed E-state index contributed by atoms with van der Waals surface area (Å²) in [6, 6.07) is 5.66. The van der Waals surface area contributed by atoms with E-state index in [1.807, 2.05) is 18.2 Å². The number of rotatable bonds is 1. The van der Waals surface area contributed by atoms with Gasteiger partial charge in [-0.1, -0.05) is 6.07 Å². The molecule has 0 aliphatic carbocycles. The second-order valence-corrected chi connectivity index (χ2v) is 3.41. The van der Waals surface area contributed by atoms with Gasteiger partial charge in [-0.2, -0.15) is 5.10 Å². The van der Waals surface area contributed by atoms with Crippen LogP contribution in [0.25, 0.3) is 16.7 Å². The molecule has 16 heavy (non-hydrogen) atoms. The Hall–Kier alpha value is -2.43. The predicted octanol–water partition coefficient (Wildman–Crippen LogP) is 1.40. The normalized spacial score (nSPS) is 10.8. The minimum atomic E-state index is 0.625. The number of anilines is 1. The van der Waals surface area contributed by atoms with Crippen molar-refractivity contribution in [3.63, 3.8) is 0 Å². The zero-order valence-corrected chi connectivity index (χ0v) is 8.41. The highest BCUT2D eigenvalue weighted by molar-refractivity contribution is 5.89. The molecule has 0 bridgehead atoms. The molecule has 5 nitrogen and oxygen atoms in total. The molecule has 0 aliphatic rings. The molecule has 0 radical (unpaired) electrons. The lowest BCUT2D eigenvalue weighted by molar-refractivity contribution is 0.873. The molecule has 0 amide bonds. The number of hydrogen-bond acceptors (Lipinski definition) is 4. The summed E-state index contributed by atoms with van der Waals surface area (Å²) < 4.78 is 1.72. The molecular weight excluding hydrogens is 202 g/mol. The predicted molar refractivity (Wildman–Crippen MR) is 61.1 cm³/mol. The number of fused-ring (bicyclic) bond motifs is 1. The summed E-state index contributed by atoms with van der Waals surface area (Å²) in [7, 11) is 0. The van der Waals surface area contributed by atoms with Crippen LogP contribution in [0.3, 0.4) is 0 Å². The molecule has 3 aromatic rings. The molecule has 3 aromatic heterocycles. The van der Waals surface area contributed by atoms with E-state index in [-0.39, 0.29) is 0 Å². The summed E-state index contributed by atoms with van der Waals surface area (Å²) >= 11 is 0. The monoisotopic (exact) mass is 211 g/mol. The third-order valence-electron chi connectivity index (χ3n) is 2.39. The Labute approximate surface area is 91.6 Å². The van der Waals surface area contributed by atoms with Crippen molar-refractivity contribution in [2.24, 2.45) is 0 Å². The van der Waals surface area contributed by atoms with Crippen molar-refractivity contribution in [2.75, 3.05) is 5.73 Å². The van der Waals surface area contributed by atoms with Crippen LogP contribution in [-0.2, 0) is 0 Å². The molecule has 0 spiro atoms. The van der Waals surface area contributed by atoms with Crippen molar-refractivity contribution >= 4 is 16.6 Å². The van der Waals surface area contributed by atoms with Gasteiger partial charge < -0.3 is 5.73 Å². The molecule has 0 saturated heterocycles. The van der Waals surface area contributed by atoms with E-state index in [0.29, 0.717) is 5.69 Å². The Bertz CT molecular complexity index is 629. The second kappa shape index (κ2) is 3.30. The number of nitrogen functional groups attached to an aromatic ring is 1. The smallest absolute Gasteiger partial charge is 0.154 e. The van der Waals surface area contributed by atoms with Crippen molar-refractivity contribution in [1.82, 2.24) is 19.7 Å². The van der Waals surface area contributed by atoms with Crippen molar-refractivity contribution in [1.29, 1.82) is 0 Å². The van der Waals surface area contributed by atoms with Crippen LogP contribution in [0.1, 0.15) is 0 Å². The first-order valence-electron chi connectivity index (χ1n) is 4.85. The Balaban J connectivity index is 2.30. The lowest BCUT2D eigenvalue weighted by atomic mass is 10.3. The number of pyridine rings is 2. The van der Waals surface area contributed by atoms with Gasteiger partial charge in [0.15, 0.2) is 5.82 Å². The standard InChI is InChI=1S/C11H9N5/c12-9-6-13-7-10-8(9)5-15-16(10)11-3-1-2-4-14-11/h1-7H,12H2. The summed E-state index contributed by atoms with van der Waals surface area (Å²) in [5.41, 5.74) is 7.30. The van der Waals surface area contributed by atoms with E-state index >= 15 is 0 Å². The van der Waals surface area contributed by atoms with E-state index in [0.717, 1.165) is 16.7 Å². The SMILES string of the molecule is Nc1cncc2c1cnn2-c1ccccn1. The van der Waals surface area contributed by atoms with Crippen molar-refractivity contribution in [3.8, 4) is 5.82 Å². The largest absolute Gasteiger partial charge is 0.397 e. The summed E-state index contributed by atoms with van der Waals surface area (Å²) in [6.07, 6.45) is 6.80. The van der Waals surface area contributed by atoms with Crippen LogP contribution in [0.15, 0.2) is 43.0 Å². The molecule has 0 fully saturated rings. The Kier molecular flexibility index (Phi) is 1.83. The molecule has 0 aliphatic heterocycles. The van der Waals surface area contributed by atoms with Gasteiger partial charge >= 0.3 is 0 Å². The van der Waals surface area contributed by atoms with E-state index < -0.39 is 0 Å². The fourth-order valence-corrected chi connectivity index (χ4v) is 1.62. The zero-order chi connectivity index (χ0) is 11.0. The number of aromatic nitrogens is 4. The molecule has 3 rings (SSSR count). The van der Waals surface area contributed by atoms with Gasteiger partial charge in [0.25, 0.3) is 0 Å². The first-order chi connectivity index (χ1) is 7.86. The number of nitrogens with zero attached hydrogens (tertiary/aromatic N) is 4. The molecule has 0 saturated carbocycles. The van der Waals surface area contributed by atoms with Crippen LogP contribution < -0.4 is 5.73 Å². The van der Waals surface area contributed by atoms with Crippen LogP contribution in [0.2, 0.25) is 0 Å². The summed E-state index contributed by atoms with van der Waals surface area (Å²) in [5.74, 6) is 0.755. The van der Waals surface area contributed by atoms with E-state index in [4.69, 9.17) is 5.73 Å². The average Bonchev–Trinajstić information content (AvgIpc) is 2.75. The van der Waals surface area contributed by atoms with Gasteiger partial charge in [-0.05, 0) is 12.1 Å². The molecule has 78 valence electrons. The van der Waals surface area contributed by atoms with Crippen LogP contribution >= 0.6 is 0 Å². The summed E-state index contributed by atoms with van der Waals surface area (Å²) in [5, 5.41) is 5.15. The Morgan fingerprint density at radius 2 is 2.06 bits per heavy atom. The maximum absolute atomic E-state index is 5.81. The van der Waals surface area contributed by atoms with Gasteiger partial charge in [0.2, 0.25) is 0 Å². The topological polar surface area (TPSA) is 69.6 Å². The third kappa shape index (κ3) is 1.22. The highest BCUT2D eigenvalue weighted by Gasteiger charge is 2.07. The quantitative estimate of drug-likeness (QED) is 0.660. The van der Waals surface area contributed by atoms with E-state index in [9.17, 15) is 0 Å². The van der Waals surface area contributed by atoms with Gasteiger partial charge in [0.05, 0.1) is 29.8 Å². The third-order valence-corrected chi connectivity index (χ3v) is 2.39. The number of hydrogen-bond donors (Lipinski definition) is 1. The fourth-order valence-electron chi connectivity index (χ4n) is 1.62. The van der Waals surface area contributed by atoms with Crippen LogP contribution in [-0.4, -0.2) is 19.7 Å². The van der Waals surface area contributed by atoms with Crippen molar-refractivity contribution < 1.29 is 0 Å². The molecular formula is C11H9N5. The Morgan fingerprint density at radius 1 is 1.12 bits per heavy atom. The highest BCUT2D eigenvalue weighted by atomic mass is 15.3. The Morgan fingerprint density at radius 3 is 2.88 bits per heavy atom. The lowest BCUT2D eigenvalue weighted by Gasteiger charge is -2.01.